The first kappa shape index (κ1) is 15.0. The minimum atomic E-state index is -0.667. The predicted octanol–water partition coefficient (Wildman–Crippen LogP) is 2.96. The second-order valence-corrected chi connectivity index (χ2v) is 5.20. The first-order valence-electron chi connectivity index (χ1n) is 6.20. The minimum Gasteiger partial charge on any atom is -0.366 e. The third kappa shape index (κ3) is 4.29. The van der Waals surface area contributed by atoms with E-state index in [0.717, 1.165) is 10.5 Å². The van der Waals surface area contributed by atoms with Crippen molar-refractivity contribution in [3.05, 3.63) is 70.7 Å². The quantitative estimate of drug-likeness (QED) is 0.837. The van der Waals surface area contributed by atoms with Gasteiger partial charge in [-0.25, -0.2) is 0 Å². The van der Waals surface area contributed by atoms with Crippen molar-refractivity contribution in [3.8, 4) is 0 Å². The standard InChI is InChI=1S/C16H13BrN2O2/c17-12-6-8-13(9-7-12)19-16(21)14(10-15(18)20)11-4-2-1-3-5-11/h1-10H,(H2,18,20)(H,19,21)/b14-10-. The number of hydrogen-bond donors (Lipinski definition) is 2. The van der Waals surface area contributed by atoms with E-state index in [9.17, 15) is 9.59 Å². The Morgan fingerprint density at radius 1 is 1.00 bits per heavy atom. The Kier molecular flexibility index (Phi) is 4.90. The molecule has 0 aromatic heterocycles. The molecule has 0 saturated heterocycles. The summed E-state index contributed by atoms with van der Waals surface area (Å²) in [7, 11) is 0. The zero-order valence-corrected chi connectivity index (χ0v) is 12.6. The summed E-state index contributed by atoms with van der Waals surface area (Å²) < 4.78 is 0.913. The van der Waals surface area contributed by atoms with Gasteiger partial charge in [-0.15, -0.1) is 0 Å². The maximum absolute atomic E-state index is 12.3. The molecule has 2 aromatic carbocycles. The van der Waals surface area contributed by atoms with E-state index in [-0.39, 0.29) is 11.5 Å². The fourth-order valence-corrected chi connectivity index (χ4v) is 2.04. The second-order valence-electron chi connectivity index (χ2n) is 4.29. The van der Waals surface area contributed by atoms with Crippen LogP contribution >= 0.6 is 15.9 Å². The Bertz CT molecular complexity index is 679. The Balaban J connectivity index is 2.27. The molecule has 2 aromatic rings. The Morgan fingerprint density at radius 3 is 2.19 bits per heavy atom. The molecule has 5 heteroatoms. The van der Waals surface area contributed by atoms with E-state index in [0.29, 0.717) is 11.3 Å². The Morgan fingerprint density at radius 2 is 1.62 bits per heavy atom. The summed E-state index contributed by atoms with van der Waals surface area (Å²) in [6.07, 6.45) is 1.13. The lowest BCUT2D eigenvalue weighted by atomic mass is 10.0. The molecule has 0 radical (unpaired) electrons. The maximum atomic E-state index is 12.3. The van der Waals surface area contributed by atoms with Gasteiger partial charge in [0.2, 0.25) is 5.91 Å². The average Bonchev–Trinajstić information content (AvgIpc) is 2.48. The second kappa shape index (κ2) is 6.85. The highest BCUT2D eigenvalue weighted by Gasteiger charge is 2.13. The smallest absolute Gasteiger partial charge is 0.256 e. The van der Waals surface area contributed by atoms with Crippen LogP contribution in [-0.2, 0) is 9.59 Å². The van der Waals surface area contributed by atoms with Gasteiger partial charge in [0, 0.05) is 16.2 Å². The number of anilines is 1. The average molecular weight is 345 g/mol. The number of nitrogens with one attached hydrogen (secondary N) is 1. The van der Waals surface area contributed by atoms with Crippen molar-refractivity contribution in [2.45, 2.75) is 0 Å². The van der Waals surface area contributed by atoms with Crippen molar-refractivity contribution in [1.82, 2.24) is 0 Å². The van der Waals surface area contributed by atoms with E-state index >= 15 is 0 Å². The maximum Gasteiger partial charge on any atom is 0.256 e. The van der Waals surface area contributed by atoms with Gasteiger partial charge in [0.05, 0.1) is 5.57 Å². The molecule has 0 spiro atoms. The van der Waals surface area contributed by atoms with Gasteiger partial charge in [-0.05, 0) is 29.8 Å². The van der Waals surface area contributed by atoms with E-state index in [2.05, 4.69) is 21.2 Å². The lowest BCUT2D eigenvalue weighted by Crippen LogP contribution is -2.17. The molecule has 0 fully saturated rings. The number of carbonyl (C=O) groups is 2. The lowest BCUT2D eigenvalue weighted by Gasteiger charge is -2.09. The van der Waals surface area contributed by atoms with Crippen LogP contribution in [0.15, 0.2) is 65.1 Å². The SMILES string of the molecule is NC(=O)/C=C(\C(=O)Nc1ccc(Br)cc1)c1ccccc1. The van der Waals surface area contributed by atoms with Crippen LogP contribution in [0.2, 0.25) is 0 Å². The molecule has 0 atom stereocenters. The molecule has 0 saturated carbocycles. The summed E-state index contributed by atoms with van der Waals surface area (Å²) >= 11 is 3.32. The Labute approximate surface area is 130 Å². The van der Waals surface area contributed by atoms with Crippen molar-refractivity contribution in [3.63, 3.8) is 0 Å². The lowest BCUT2D eigenvalue weighted by molar-refractivity contribution is -0.114. The largest absolute Gasteiger partial charge is 0.366 e. The van der Waals surface area contributed by atoms with Gasteiger partial charge < -0.3 is 11.1 Å². The van der Waals surface area contributed by atoms with E-state index in [1.54, 1.807) is 36.4 Å². The summed E-state index contributed by atoms with van der Waals surface area (Å²) in [5.41, 5.74) is 6.67. The van der Waals surface area contributed by atoms with Gasteiger partial charge in [0.1, 0.15) is 0 Å². The number of nitrogens with two attached hydrogens (primary N) is 1. The van der Waals surface area contributed by atoms with E-state index < -0.39 is 5.91 Å². The van der Waals surface area contributed by atoms with Gasteiger partial charge in [-0.1, -0.05) is 46.3 Å². The van der Waals surface area contributed by atoms with Crippen molar-refractivity contribution >= 4 is 39.0 Å². The summed E-state index contributed by atoms with van der Waals surface area (Å²) in [6.45, 7) is 0. The number of carbonyl (C=O) groups excluding carboxylic acids is 2. The first-order valence-corrected chi connectivity index (χ1v) is 6.99. The summed E-state index contributed by atoms with van der Waals surface area (Å²) in [6, 6.07) is 16.0. The van der Waals surface area contributed by atoms with Gasteiger partial charge in [-0.2, -0.15) is 0 Å². The molecule has 2 rings (SSSR count). The number of primary amides is 1. The van der Waals surface area contributed by atoms with Gasteiger partial charge >= 0.3 is 0 Å². The molecule has 0 bridgehead atoms. The molecule has 0 aliphatic heterocycles. The monoisotopic (exact) mass is 344 g/mol. The fourth-order valence-electron chi connectivity index (χ4n) is 1.77. The van der Waals surface area contributed by atoms with Crippen LogP contribution in [-0.4, -0.2) is 11.8 Å². The number of rotatable bonds is 4. The van der Waals surface area contributed by atoms with E-state index in [1.807, 2.05) is 18.2 Å². The van der Waals surface area contributed by atoms with E-state index in [4.69, 9.17) is 5.73 Å². The molecule has 21 heavy (non-hydrogen) atoms. The molecular formula is C16H13BrN2O2. The number of halogens is 1. The molecule has 2 amide bonds. The van der Waals surface area contributed by atoms with Crippen LogP contribution in [0.5, 0.6) is 0 Å². The topological polar surface area (TPSA) is 72.2 Å². The van der Waals surface area contributed by atoms with Crippen LogP contribution in [0.4, 0.5) is 5.69 Å². The first-order chi connectivity index (χ1) is 10.1. The highest BCUT2D eigenvalue weighted by Crippen LogP contribution is 2.19. The van der Waals surface area contributed by atoms with Crippen molar-refractivity contribution in [1.29, 1.82) is 0 Å². The highest BCUT2D eigenvalue weighted by atomic mass is 79.9. The van der Waals surface area contributed by atoms with Crippen molar-refractivity contribution in [2.75, 3.05) is 5.32 Å². The van der Waals surface area contributed by atoms with Crippen LogP contribution in [0.3, 0.4) is 0 Å². The van der Waals surface area contributed by atoms with Gasteiger partial charge in [0.25, 0.3) is 5.91 Å². The predicted molar refractivity (Wildman–Crippen MR) is 86.4 cm³/mol. The molecule has 0 aliphatic carbocycles. The van der Waals surface area contributed by atoms with Gasteiger partial charge in [-0.3, -0.25) is 9.59 Å². The Hall–Kier alpha value is -2.40. The zero-order valence-electron chi connectivity index (χ0n) is 11.0. The molecule has 0 aliphatic rings. The zero-order chi connectivity index (χ0) is 15.2. The van der Waals surface area contributed by atoms with E-state index in [1.165, 1.54) is 0 Å². The molecule has 0 heterocycles. The molecule has 106 valence electrons. The molecule has 4 nitrogen and oxygen atoms in total. The molecular weight excluding hydrogens is 332 g/mol. The third-order valence-corrected chi connectivity index (χ3v) is 3.25. The fraction of sp³-hybridized carbons (Fsp3) is 0. The highest BCUT2D eigenvalue weighted by molar-refractivity contribution is 9.10. The van der Waals surface area contributed by atoms with Crippen molar-refractivity contribution < 1.29 is 9.59 Å². The number of amides is 2. The van der Waals surface area contributed by atoms with Crippen LogP contribution in [0, 0.1) is 0 Å². The van der Waals surface area contributed by atoms with Crippen LogP contribution in [0.25, 0.3) is 5.57 Å². The number of benzene rings is 2. The molecule has 3 N–H and O–H groups in total. The minimum absolute atomic E-state index is 0.228. The normalized spacial score (nSPS) is 11.0. The van der Waals surface area contributed by atoms with Crippen LogP contribution < -0.4 is 11.1 Å². The van der Waals surface area contributed by atoms with Crippen molar-refractivity contribution in [2.24, 2.45) is 5.73 Å². The van der Waals surface area contributed by atoms with Crippen LogP contribution in [0.1, 0.15) is 5.56 Å². The summed E-state index contributed by atoms with van der Waals surface area (Å²) in [5, 5.41) is 2.74. The van der Waals surface area contributed by atoms with Gasteiger partial charge in [0.15, 0.2) is 0 Å². The third-order valence-electron chi connectivity index (χ3n) is 2.72. The summed E-state index contributed by atoms with van der Waals surface area (Å²) in [4.78, 5) is 23.5. The number of hydrogen-bond acceptors (Lipinski definition) is 2. The summed E-state index contributed by atoms with van der Waals surface area (Å²) in [5.74, 6) is -1.05. The molecule has 0 unspecified atom stereocenters.